The third-order valence-electron chi connectivity index (χ3n) is 4.99. The first-order valence-corrected chi connectivity index (χ1v) is 6.75. The topological polar surface area (TPSA) is 33.6 Å². The molecule has 1 N–H and O–H groups in total. The van der Waals surface area contributed by atoms with Crippen molar-refractivity contribution in [2.45, 2.75) is 54.0 Å². The molecule has 1 aliphatic rings. The van der Waals surface area contributed by atoms with Gasteiger partial charge in [0.2, 0.25) is 0 Å². The van der Waals surface area contributed by atoms with Gasteiger partial charge in [0.15, 0.2) is 4.77 Å². The molecule has 0 aliphatic heterocycles. The Balaban J connectivity index is 2.27. The van der Waals surface area contributed by atoms with Crippen LogP contribution in [0.2, 0.25) is 0 Å². The molecule has 1 fully saturated rings. The van der Waals surface area contributed by atoms with Gasteiger partial charge in [0, 0.05) is 12.5 Å². The zero-order chi connectivity index (χ0) is 13.0. The summed E-state index contributed by atoms with van der Waals surface area (Å²) in [7, 11) is 0. The number of aromatic nitrogens is 3. The second kappa shape index (κ2) is 3.67. The molecule has 1 heterocycles. The summed E-state index contributed by atoms with van der Waals surface area (Å²) < 4.78 is 2.94. The minimum Gasteiger partial charge on any atom is -0.304 e. The summed E-state index contributed by atoms with van der Waals surface area (Å²) >= 11 is 5.33. The summed E-state index contributed by atoms with van der Waals surface area (Å²) in [5.41, 5.74) is 0.792. The van der Waals surface area contributed by atoms with Gasteiger partial charge in [-0.2, -0.15) is 5.10 Å². The summed E-state index contributed by atoms with van der Waals surface area (Å²) in [5, 5.41) is 7.26. The van der Waals surface area contributed by atoms with Gasteiger partial charge in [0.25, 0.3) is 0 Å². The molecule has 1 aromatic heterocycles. The van der Waals surface area contributed by atoms with E-state index in [0.717, 1.165) is 17.1 Å². The van der Waals surface area contributed by atoms with E-state index in [9.17, 15) is 0 Å². The van der Waals surface area contributed by atoms with E-state index in [1.165, 1.54) is 0 Å². The molecule has 0 spiro atoms. The van der Waals surface area contributed by atoms with Crippen LogP contribution in [0.15, 0.2) is 0 Å². The smallest absolute Gasteiger partial charge is 0.195 e. The van der Waals surface area contributed by atoms with Crippen molar-refractivity contribution in [2.75, 3.05) is 0 Å². The maximum atomic E-state index is 5.33. The highest BCUT2D eigenvalue weighted by Crippen LogP contribution is 2.68. The van der Waals surface area contributed by atoms with Gasteiger partial charge in [0.05, 0.1) is 0 Å². The summed E-state index contributed by atoms with van der Waals surface area (Å²) in [4.78, 5) is 0. The van der Waals surface area contributed by atoms with Crippen LogP contribution < -0.4 is 0 Å². The van der Waals surface area contributed by atoms with Crippen LogP contribution >= 0.6 is 12.2 Å². The number of nitrogens with zero attached hydrogens (tertiary/aromatic N) is 2. The van der Waals surface area contributed by atoms with Crippen LogP contribution in [0.5, 0.6) is 0 Å². The fraction of sp³-hybridized carbons (Fsp3) is 0.846. The molecule has 0 unspecified atom stereocenters. The zero-order valence-corrected chi connectivity index (χ0v) is 12.5. The highest BCUT2D eigenvalue weighted by atomic mass is 32.1. The average Bonchev–Trinajstić information content (AvgIpc) is 2.51. The van der Waals surface area contributed by atoms with Crippen LogP contribution in [0.1, 0.15) is 53.3 Å². The van der Waals surface area contributed by atoms with E-state index in [0.29, 0.717) is 22.7 Å². The predicted molar refractivity (Wildman–Crippen MR) is 72.6 cm³/mol. The molecule has 0 amide bonds. The van der Waals surface area contributed by atoms with Crippen molar-refractivity contribution < 1.29 is 0 Å². The Morgan fingerprint density at radius 3 is 2.24 bits per heavy atom. The Kier molecular flexibility index (Phi) is 2.77. The molecule has 1 aromatic rings. The fourth-order valence-electron chi connectivity index (χ4n) is 2.92. The lowest BCUT2D eigenvalue weighted by molar-refractivity contribution is 0.457. The van der Waals surface area contributed by atoms with Gasteiger partial charge in [-0.1, -0.05) is 41.5 Å². The third kappa shape index (κ3) is 1.77. The van der Waals surface area contributed by atoms with Crippen molar-refractivity contribution in [1.29, 1.82) is 0 Å². The second-order valence-corrected chi connectivity index (χ2v) is 7.03. The largest absolute Gasteiger partial charge is 0.304 e. The van der Waals surface area contributed by atoms with Gasteiger partial charge in [-0.15, -0.1) is 0 Å². The lowest BCUT2D eigenvalue weighted by Gasteiger charge is -2.10. The molecule has 0 aromatic carbocycles. The van der Waals surface area contributed by atoms with Crippen molar-refractivity contribution >= 4 is 12.2 Å². The molecule has 17 heavy (non-hydrogen) atoms. The normalized spacial score (nSPS) is 22.1. The molecule has 0 bridgehead atoms. The maximum absolute atomic E-state index is 5.33. The van der Waals surface area contributed by atoms with E-state index in [1.54, 1.807) is 0 Å². The first-order valence-electron chi connectivity index (χ1n) is 6.34. The standard InChI is InChI=1S/C13H23N3S/c1-8(2)10-14-15-11(17)16(10)7-9-12(3,4)13(9,5)6/h8-9H,7H2,1-6H3,(H,15,17). The number of aromatic amines is 1. The van der Waals surface area contributed by atoms with Crippen molar-refractivity contribution in [1.82, 2.24) is 14.8 Å². The van der Waals surface area contributed by atoms with Crippen LogP contribution in [0, 0.1) is 21.5 Å². The van der Waals surface area contributed by atoms with E-state index >= 15 is 0 Å². The summed E-state index contributed by atoms with van der Waals surface area (Å²) in [5.74, 6) is 2.17. The predicted octanol–water partition coefficient (Wildman–Crippen LogP) is 3.75. The number of nitrogens with one attached hydrogen (secondary N) is 1. The fourth-order valence-corrected chi connectivity index (χ4v) is 3.13. The van der Waals surface area contributed by atoms with Crippen LogP contribution in [-0.4, -0.2) is 14.8 Å². The summed E-state index contributed by atoms with van der Waals surface area (Å²) in [6, 6.07) is 0. The van der Waals surface area contributed by atoms with E-state index in [1.807, 2.05) is 0 Å². The second-order valence-electron chi connectivity index (χ2n) is 6.65. The molecule has 4 heteroatoms. The Labute approximate surface area is 109 Å². The number of hydrogen-bond acceptors (Lipinski definition) is 2. The maximum Gasteiger partial charge on any atom is 0.195 e. The van der Waals surface area contributed by atoms with Crippen LogP contribution in [-0.2, 0) is 6.54 Å². The van der Waals surface area contributed by atoms with Gasteiger partial charge in [-0.3, -0.25) is 5.10 Å². The van der Waals surface area contributed by atoms with Gasteiger partial charge in [-0.25, -0.2) is 0 Å². The Bertz CT molecular complexity index is 465. The van der Waals surface area contributed by atoms with E-state index < -0.39 is 0 Å². The first kappa shape index (κ1) is 12.8. The molecular weight excluding hydrogens is 230 g/mol. The summed E-state index contributed by atoms with van der Waals surface area (Å²) in [6.45, 7) is 14.7. The molecule has 1 aliphatic carbocycles. The van der Waals surface area contributed by atoms with Crippen molar-refractivity contribution in [3.8, 4) is 0 Å². The van der Waals surface area contributed by atoms with Crippen molar-refractivity contribution in [2.24, 2.45) is 16.7 Å². The number of H-pyrrole nitrogens is 1. The molecule has 0 radical (unpaired) electrons. The third-order valence-corrected chi connectivity index (χ3v) is 5.30. The zero-order valence-electron chi connectivity index (χ0n) is 11.7. The highest BCUT2D eigenvalue weighted by Gasteiger charge is 2.64. The quantitative estimate of drug-likeness (QED) is 0.832. The Morgan fingerprint density at radius 2 is 1.82 bits per heavy atom. The molecule has 96 valence electrons. The summed E-state index contributed by atoms with van der Waals surface area (Å²) in [6.07, 6.45) is 0. The molecular formula is C13H23N3S. The van der Waals surface area contributed by atoms with Crippen LogP contribution in [0.4, 0.5) is 0 Å². The first-order chi connectivity index (χ1) is 7.69. The van der Waals surface area contributed by atoms with Gasteiger partial charge >= 0.3 is 0 Å². The monoisotopic (exact) mass is 253 g/mol. The lowest BCUT2D eigenvalue weighted by atomic mass is 10.0. The van der Waals surface area contributed by atoms with Gasteiger partial charge in [-0.05, 0) is 29.0 Å². The Morgan fingerprint density at radius 1 is 1.29 bits per heavy atom. The van der Waals surface area contributed by atoms with E-state index in [4.69, 9.17) is 12.2 Å². The molecule has 1 saturated carbocycles. The Hall–Kier alpha value is -0.640. The SMILES string of the molecule is CC(C)c1n[nH]c(=S)n1CC1C(C)(C)C1(C)C. The number of rotatable bonds is 3. The minimum atomic E-state index is 0.396. The molecule has 0 atom stereocenters. The van der Waals surface area contributed by atoms with Crippen molar-refractivity contribution in [3.63, 3.8) is 0 Å². The highest BCUT2D eigenvalue weighted by molar-refractivity contribution is 7.71. The van der Waals surface area contributed by atoms with Crippen LogP contribution in [0.25, 0.3) is 0 Å². The van der Waals surface area contributed by atoms with E-state index in [-0.39, 0.29) is 0 Å². The van der Waals surface area contributed by atoms with Crippen molar-refractivity contribution in [3.05, 3.63) is 10.6 Å². The minimum absolute atomic E-state index is 0.396. The average molecular weight is 253 g/mol. The molecule has 3 nitrogen and oxygen atoms in total. The van der Waals surface area contributed by atoms with Crippen LogP contribution in [0.3, 0.4) is 0 Å². The lowest BCUT2D eigenvalue weighted by Crippen LogP contribution is -2.10. The number of hydrogen-bond donors (Lipinski definition) is 1. The van der Waals surface area contributed by atoms with Gasteiger partial charge in [0.1, 0.15) is 5.82 Å². The molecule has 2 rings (SSSR count). The van der Waals surface area contributed by atoms with E-state index in [2.05, 4.69) is 56.3 Å². The molecule has 0 saturated heterocycles. The van der Waals surface area contributed by atoms with Gasteiger partial charge < -0.3 is 4.57 Å².